The smallest absolute Gasteiger partial charge is 0.104 e. The molecule has 0 atom stereocenters. The zero-order chi connectivity index (χ0) is 12.3. The molecule has 0 bridgehead atoms. The molecule has 4 heteroatoms. The Balaban J connectivity index is 2.51. The normalized spacial score (nSPS) is 17.5. The number of aromatic nitrogens is 1. The first kappa shape index (κ1) is 11.4. The molecule has 1 aliphatic heterocycles. The number of hydrogen-bond donors (Lipinski definition) is 0. The van der Waals surface area contributed by atoms with E-state index in [9.17, 15) is 5.26 Å². The van der Waals surface area contributed by atoms with Crippen molar-refractivity contribution < 1.29 is 0 Å². The maximum Gasteiger partial charge on any atom is 0.104 e. The van der Waals surface area contributed by atoms with Crippen LogP contribution in [0, 0.1) is 11.3 Å². The van der Waals surface area contributed by atoms with Gasteiger partial charge in [-0.15, -0.1) is 0 Å². The molecule has 0 radical (unpaired) electrons. The highest BCUT2D eigenvalue weighted by Gasteiger charge is 2.13. The lowest BCUT2D eigenvalue weighted by atomic mass is 10.1. The summed E-state index contributed by atoms with van der Waals surface area (Å²) in [6.45, 7) is 0. The van der Waals surface area contributed by atoms with E-state index >= 15 is 0 Å². The van der Waals surface area contributed by atoms with Crippen LogP contribution in [0.1, 0.15) is 5.69 Å². The molecule has 0 fully saturated rings. The summed E-state index contributed by atoms with van der Waals surface area (Å²) in [5, 5.41) is 9.89. The van der Waals surface area contributed by atoms with Crippen LogP contribution in [0.15, 0.2) is 53.5 Å². The molecule has 0 spiro atoms. The monoisotopic (exact) mass is 243 g/mol. The first-order valence-electron chi connectivity index (χ1n) is 5.06. The average Bonchev–Trinajstić information content (AvgIpc) is 2.34. The van der Waals surface area contributed by atoms with Crippen molar-refractivity contribution in [1.29, 1.82) is 5.26 Å². The molecule has 17 heavy (non-hydrogen) atoms. The Hall–Kier alpha value is -2.05. The molecule has 1 aliphatic rings. The summed E-state index contributed by atoms with van der Waals surface area (Å²) in [4.78, 5) is 6.00. The van der Waals surface area contributed by atoms with Crippen molar-refractivity contribution >= 4 is 17.2 Å². The van der Waals surface area contributed by atoms with Crippen LogP contribution in [0.5, 0.6) is 0 Å². The second kappa shape index (κ2) is 4.86. The summed E-state index contributed by atoms with van der Waals surface area (Å²) < 4.78 is 0. The maximum absolute atomic E-state index is 9.25. The molecule has 2 heterocycles. The molecule has 3 nitrogen and oxygen atoms in total. The second-order valence-corrected chi connectivity index (χ2v) is 3.98. The number of nitriles is 1. The van der Waals surface area contributed by atoms with Crippen molar-refractivity contribution in [2.24, 2.45) is 0 Å². The summed E-state index contributed by atoms with van der Waals surface area (Å²) in [7, 11) is 1.85. The third kappa shape index (κ3) is 2.38. The van der Waals surface area contributed by atoms with E-state index in [0.717, 1.165) is 5.70 Å². The Bertz CT molecular complexity index is 550. The molecule has 0 N–H and O–H groups in total. The van der Waals surface area contributed by atoms with Crippen LogP contribution in [0.3, 0.4) is 0 Å². The van der Waals surface area contributed by atoms with E-state index in [0.29, 0.717) is 16.3 Å². The molecule has 0 saturated heterocycles. The summed E-state index contributed by atoms with van der Waals surface area (Å²) in [5.41, 5.74) is 1.98. The first-order valence-corrected chi connectivity index (χ1v) is 5.44. The van der Waals surface area contributed by atoms with Gasteiger partial charge in [0, 0.05) is 19.4 Å². The van der Waals surface area contributed by atoms with Crippen LogP contribution in [-0.4, -0.2) is 16.9 Å². The molecule has 0 saturated carbocycles. The lowest BCUT2D eigenvalue weighted by Crippen LogP contribution is -2.13. The summed E-state index contributed by atoms with van der Waals surface area (Å²) in [6, 6.07) is 7.67. The number of nitrogens with zero attached hydrogens (tertiary/aromatic N) is 3. The van der Waals surface area contributed by atoms with Gasteiger partial charge in [-0.2, -0.15) is 5.26 Å². The lowest BCUT2D eigenvalue weighted by molar-refractivity contribution is 0.585. The molecule has 0 aromatic carbocycles. The fraction of sp³-hybridized carbons (Fsp3) is 0.0769. The molecule has 1 aromatic heterocycles. The van der Waals surface area contributed by atoms with Gasteiger partial charge in [0.25, 0.3) is 0 Å². The number of halogens is 1. The molecule has 84 valence electrons. The largest absolute Gasteiger partial charge is 0.348 e. The van der Waals surface area contributed by atoms with Crippen molar-refractivity contribution in [3.8, 4) is 6.07 Å². The van der Waals surface area contributed by atoms with Gasteiger partial charge in [-0.05, 0) is 24.3 Å². The zero-order valence-corrected chi connectivity index (χ0v) is 10.0. The van der Waals surface area contributed by atoms with E-state index in [1.165, 1.54) is 0 Å². The predicted molar refractivity (Wildman–Crippen MR) is 67.6 cm³/mol. The fourth-order valence-electron chi connectivity index (χ4n) is 1.59. The van der Waals surface area contributed by atoms with Crippen molar-refractivity contribution in [3.05, 3.63) is 59.2 Å². The van der Waals surface area contributed by atoms with E-state index in [4.69, 9.17) is 11.6 Å². The number of likely N-dealkylation sites (N-methyl/N-ethyl adjacent to an activating group) is 1. The Morgan fingerprint density at radius 2 is 2.24 bits per heavy atom. The maximum atomic E-state index is 9.25. The van der Waals surface area contributed by atoms with E-state index in [1.54, 1.807) is 18.5 Å². The standard InChI is InChI=1S/C13H10ClN3/c1-17-9-10(14)5-6-13(17)11(8-15)12-4-2-3-7-16-12/h2-7,9H,1H3. The Labute approximate surface area is 105 Å². The zero-order valence-electron chi connectivity index (χ0n) is 9.26. The van der Waals surface area contributed by atoms with Gasteiger partial charge >= 0.3 is 0 Å². The Morgan fingerprint density at radius 1 is 1.41 bits per heavy atom. The number of rotatable bonds is 1. The first-order chi connectivity index (χ1) is 8.22. The van der Waals surface area contributed by atoms with Crippen molar-refractivity contribution in [3.63, 3.8) is 0 Å². The molecule has 0 aliphatic carbocycles. The quantitative estimate of drug-likeness (QED) is 0.712. The van der Waals surface area contributed by atoms with Crippen LogP contribution >= 0.6 is 11.6 Å². The third-order valence-electron chi connectivity index (χ3n) is 2.39. The summed E-state index contributed by atoms with van der Waals surface area (Å²) in [6.07, 6.45) is 7.01. The third-order valence-corrected chi connectivity index (χ3v) is 2.61. The second-order valence-electron chi connectivity index (χ2n) is 3.55. The minimum Gasteiger partial charge on any atom is -0.348 e. The van der Waals surface area contributed by atoms with Gasteiger partial charge in [-0.25, -0.2) is 0 Å². The predicted octanol–water partition coefficient (Wildman–Crippen LogP) is 2.90. The van der Waals surface area contributed by atoms with Gasteiger partial charge in [-0.3, -0.25) is 4.98 Å². The van der Waals surface area contributed by atoms with Crippen molar-refractivity contribution in [2.75, 3.05) is 7.05 Å². The SMILES string of the molecule is CN1C=C(Cl)C=CC1=C(C#N)c1ccccn1. The number of hydrogen-bond acceptors (Lipinski definition) is 3. The van der Waals surface area contributed by atoms with E-state index in [2.05, 4.69) is 11.1 Å². The summed E-state index contributed by atoms with van der Waals surface area (Å²) in [5.74, 6) is 0. The highest BCUT2D eigenvalue weighted by molar-refractivity contribution is 6.31. The molecule has 2 rings (SSSR count). The Morgan fingerprint density at radius 3 is 2.82 bits per heavy atom. The van der Waals surface area contributed by atoms with Crippen LogP contribution in [0.4, 0.5) is 0 Å². The van der Waals surface area contributed by atoms with E-state index in [-0.39, 0.29) is 0 Å². The van der Waals surface area contributed by atoms with Gasteiger partial charge in [0.1, 0.15) is 11.6 Å². The van der Waals surface area contributed by atoms with Crippen LogP contribution < -0.4 is 0 Å². The van der Waals surface area contributed by atoms with Crippen LogP contribution in [0.2, 0.25) is 0 Å². The van der Waals surface area contributed by atoms with Gasteiger partial charge < -0.3 is 4.90 Å². The van der Waals surface area contributed by atoms with Crippen molar-refractivity contribution in [1.82, 2.24) is 9.88 Å². The lowest BCUT2D eigenvalue weighted by Gasteiger charge is -2.20. The number of allylic oxidation sites excluding steroid dienone is 4. The highest BCUT2D eigenvalue weighted by atomic mass is 35.5. The van der Waals surface area contributed by atoms with Gasteiger partial charge in [0.05, 0.1) is 16.4 Å². The average molecular weight is 244 g/mol. The highest BCUT2D eigenvalue weighted by Crippen LogP contribution is 2.24. The van der Waals surface area contributed by atoms with Gasteiger partial charge in [0.15, 0.2) is 0 Å². The van der Waals surface area contributed by atoms with Crippen LogP contribution in [-0.2, 0) is 0 Å². The molecular formula is C13H10ClN3. The minimum absolute atomic E-state index is 0.532. The Kier molecular flexibility index (Phi) is 3.27. The van der Waals surface area contributed by atoms with Gasteiger partial charge in [0.2, 0.25) is 0 Å². The molecular weight excluding hydrogens is 234 g/mol. The van der Waals surface area contributed by atoms with E-state index in [1.807, 2.05) is 36.2 Å². The van der Waals surface area contributed by atoms with Gasteiger partial charge in [-0.1, -0.05) is 17.7 Å². The fourth-order valence-corrected chi connectivity index (χ4v) is 1.80. The molecule has 0 amide bonds. The van der Waals surface area contributed by atoms with E-state index < -0.39 is 0 Å². The topological polar surface area (TPSA) is 39.9 Å². The summed E-state index contributed by atoms with van der Waals surface area (Å²) >= 11 is 5.88. The van der Waals surface area contributed by atoms with Crippen molar-refractivity contribution in [2.45, 2.75) is 0 Å². The molecule has 1 aromatic rings. The minimum atomic E-state index is 0.532. The molecule has 0 unspecified atom stereocenters. The number of pyridine rings is 1. The van der Waals surface area contributed by atoms with Crippen LogP contribution in [0.25, 0.3) is 5.57 Å².